The van der Waals surface area contributed by atoms with Crippen LogP contribution >= 0.6 is 11.8 Å². The van der Waals surface area contributed by atoms with Crippen LogP contribution in [-0.2, 0) is 11.2 Å². The summed E-state index contributed by atoms with van der Waals surface area (Å²) >= 11 is 1.42. The molecule has 2 aromatic rings. The average Bonchev–Trinajstić information content (AvgIpc) is 2.97. The van der Waals surface area contributed by atoms with Gasteiger partial charge in [-0.25, -0.2) is 4.39 Å². The molecule has 138 valence electrons. The van der Waals surface area contributed by atoms with Gasteiger partial charge in [0.2, 0.25) is 5.91 Å². The summed E-state index contributed by atoms with van der Waals surface area (Å²) in [5, 5.41) is 4.70. The maximum atomic E-state index is 13.0. The minimum Gasteiger partial charge on any atom is -0.285 e. The second-order valence-corrected chi connectivity index (χ2v) is 7.20. The number of amides is 1. The zero-order valence-corrected chi connectivity index (χ0v) is 15.6. The minimum atomic E-state index is -0.310. The highest BCUT2D eigenvalue weighted by molar-refractivity contribution is 8.15. The second-order valence-electron chi connectivity index (χ2n) is 6.03. The van der Waals surface area contributed by atoms with E-state index in [1.54, 1.807) is 23.1 Å². The Morgan fingerprint density at radius 3 is 2.59 bits per heavy atom. The topological polar surface area (TPSA) is 44.7 Å². The first-order valence-corrected chi connectivity index (χ1v) is 9.38. The molecule has 2 aromatic carbocycles. The largest absolute Gasteiger partial charge is 0.285 e. The molecule has 1 fully saturated rings. The Bertz CT molecular complexity index is 865. The van der Waals surface area contributed by atoms with E-state index >= 15 is 0 Å². The summed E-state index contributed by atoms with van der Waals surface area (Å²) in [4.78, 5) is 14.4. The van der Waals surface area contributed by atoms with Crippen molar-refractivity contribution in [2.45, 2.75) is 11.7 Å². The van der Waals surface area contributed by atoms with Gasteiger partial charge < -0.3 is 0 Å². The lowest BCUT2D eigenvalue weighted by atomic mass is 10.1. The highest BCUT2D eigenvalue weighted by atomic mass is 32.2. The molecule has 1 aliphatic rings. The molecule has 6 heteroatoms. The number of carbonyl (C=O) groups is 1. The van der Waals surface area contributed by atoms with Gasteiger partial charge in [-0.2, -0.15) is 0 Å². The van der Waals surface area contributed by atoms with Gasteiger partial charge in [0.1, 0.15) is 5.82 Å². The molecule has 3 rings (SSSR count). The fourth-order valence-electron chi connectivity index (χ4n) is 2.68. The highest BCUT2D eigenvalue weighted by Crippen LogP contribution is 2.29. The van der Waals surface area contributed by atoms with Crippen LogP contribution in [0, 0.1) is 5.82 Å². The van der Waals surface area contributed by atoms with Gasteiger partial charge in [-0.15, -0.1) is 11.7 Å². The summed E-state index contributed by atoms with van der Waals surface area (Å²) < 4.78 is 13.0. The molecule has 1 heterocycles. The number of hydrogen-bond acceptors (Lipinski definition) is 4. The van der Waals surface area contributed by atoms with Gasteiger partial charge in [-0.3, -0.25) is 15.1 Å². The monoisotopic (exact) mass is 381 g/mol. The Morgan fingerprint density at radius 1 is 1.22 bits per heavy atom. The lowest BCUT2D eigenvalue weighted by Crippen LogP contribution is -2.33. The number of nitrogens with one attached hydrogen (secondary N) is 1. The van der Waals surface area contributed by atoms with Crippen molar-refractivity contribution < 1.29 is 9.18 Å². The summed E-state index contributed by atoms with van der Waals surface area (Å²) in [5.41, 5.74) is 5.24. The van der Waals surface area contributed by atoms with E-state index in [0.717, 1.165) is 11.1 Å². The van der Waals surface area contributed by atoms with Crippen LogP contribution in [0.5, 0.6) is 0 Å². The van der Waals surface area contributed by atoms with Crippen molar-refractivity contribution in [3.63, 3.8) is 0 Å². The van der Waals surface area contributed by atoms with Crippen LogP contribution < -0.4 is 5.43 Å². The highest BCUT2D eigenvalue weighted by Gasteiger charge is 2.37. The van der Waals surface area contributed by atoms with E-state index < -0.39 is 0 Å². The number of hydrazone groups is 1. The molecule has 0 unspecified atom stereocenters. The number of hydrogen-bond donors (Lipinski definition) is 1. The summed E-state index contributed by atoms with van der Waals surface area (Å²) in [5.74, 6) is -0.299. The van der Waals surface area contributed by atoms with Gasteiger partial charge in [0.25, 0.3) is 0 Å². The molecule has 0 radical (unpaired) electrons. The average molecular weight is 381 g/mol. The maximum Gasteiger partial charge on any atom is 0.242 e. The predicted octanol–water partition coefficient (Wildman–Crippen LogP) is 4.03. The summed E-state index contributed by atoms with van der Waals surface area (Å²) in [6.45, 7) is 8.03. The minimum absolute atomic E-state index is 0.0108. The normalized spacial score (nSPS) is 18.0. The maximum absolute atomic E-state index is 13.0. The molecule has 27 heavy (non-hydrogen) atoms. The smallest absolute Gasteiger partial charge is 0.242 e. The van der Waals surface area contributed by atoms with Crippen molar-refractivity contribution in [2.75, 3.05) is 6.54 Å². The van der Waals surface area contributed by atoms with E-state index in [4.69, 9.17) is 0 Å². The van der Waals surface area contributed by atoms with Crippen LogP contribution in [0.15, 0.2) is 78.9 Å². The fraction of sp³-hybridized carbons (Fsp3) is 0.143. The molecule has 1 amide bonds. The van der Waals surface area contributed by atoms with Crippen molar-refractivity contribution >= 4 is 28.5 Å². The molecule has 4 nitrogen and oxygen atoms in total. The first kappa shape index (κ1) is 18.9. The summed E-state index contributed by atoms with van der Waals surface area (Å²) in [7, 11) is 0. The molecule has 1 N–H and O–H groups in total. The van der Waals surface area contributed by atoms with E-state index in [2.05, 4.69) is 23.7 Å². The van der Waals surface area contributed by atoms with Crippen LogP contribution in [0.3, 0.4) is 0 Å². The van der Waals surface area contributed by atoms with Gasteiger partial charge >= 0.3 is 0 Å². The zero-order valence-electron chi connectivity index (χ0n) is 14.8. The van der Waals surface area contributed by atoms with Crippen molar-refractivity contribution in [3.8, 4) is 0 Å². The molecule has 1 atom stereocenters. The van der Waals surface area contributed by atoms with Gasteiger partial charge in [0.15, 0.2) is 5.17 Å². The quantitative estimate of drug-likeness (QED) is 0.582. The van der Waals surface area contributed by atoms with Crippen molar-refractivity contribution in [3.05, 3.63) is 90.8 Å². The predicted molar refractivity (Wildman–Crippen MR) is 109 cm³/mol. The van der Waals surface area contributed by atoms with Crippen molar-refractivity contribution in [2.24, 2.45) is 5.10 Å². The molecule has 1 saturated heterocycles. The van der Waals surface area contributed by atoms with E-state index in [0.29, 0.717) is 23.8 Å². The first-order valence-electron chi connectivity index (χ1n) is 8.50. The van der Waals surface area contributed by atoms with Gasteiger partial charge in [-0.05, 0) is 41.8 Å². The van der Waals surface area contributed by atoms with Crippen LogP contribution in [0.25, 0.3) is 5.70 Å². The van der Waals surface area contributed by atoms with Crippen molar-refractivity contribution in [1.82, 2.24) is 10.3 Å². The summed E-state index contributed by atoms with van der Waals surface area (Å²) in [6.07, 6.45) is 2.31. The lowest BCUT2D eigenvalue weighted by molar-refractivity contribution is -0.125. The Kier molecular flexibility index (Phi) is 6.08. The molecule has 0 saturated carbocycles. The molecule has 1 aliphatic heterocycles. The molecule has 0 bridgehead atoms. The second kappa shape index (κ2) is 8.68. The van der Waals surface area contributed by atoms with E-state index in [9.17, 15) is 9.18 Å². The van der Waals surface area contributed by atoms with E-state index in [1.807, 2.05) is 30.3 Å². The van der Waals surface area contributed by atoms with E-state index in [1.165, 1.54) is 23.9 Å². The molecule has 0 spiro atoms. The van der Waals surface area contributed by atoms with Crippen LogP contribution in [-0.4, -0.2) is 27.8 Å². The van der Waals surface area contributed by atoms with Crippen LogP contribution in [0.1, 0.15) is 11.1 Å². The SMILES string of the molecule is C=CCN1C(=O)[C@H](Cc2ccccc2)S/C1=N\NC(=C)c1ccc(F)cc1. The Labute approximate surface area is 162 Å². The Morgan fingerprint density at radius 2 is 1.93 bits per heavy atom. The third kappa shape index (κ3) is 4.65. The third-order valence-corrected chi connectivity index (χ3v) is 5.25. The van der Waals surface area contributed by atoms with Crippen LogP contribution in [0.2, 0.25) is 0 Å². The third-order valence-electron chi connectivity index (χ3n) is 4.07. The number of rotatable bonds is 7. The van der Waals surface area contributed by atoms with Gasteiger partial charge in [-0.1, -0.05) is 54.7 Å². The number of thioether (sulfide) groups is 1. The fourth-order valence-corrected chi connectivity index (χ4v) is 3.83. The first-order chi connectivity index (χ1) is 13.1. The molecule has 0 aromatic heterocycles. The number of benzene rings is 2. The lowest BCUT2D eigenvalue weighted by Gasteiger charge is -2.14. The standard InChI is InChI=1S/C21H20FN3OS/c1-3-13-25-20(26)19(14-16-7-5-4-6-8-16)27-21(25)24-23-15(2)17-9-11-18(22)12-10-17/h3-12,19,23H,1-2,13-14H2/b24-21-/t19-/m0/s1. The van der Waals surface area contributed by atoms with Gasteiger partial charge in [0.05, 0.1) is 10.9 Å². The number of halogens is 1. The molecular formula is C21H20FN3OS. The molecule has 0 aliphatic carbocycles. The summed E-state index contributed by atoms with van der Waals surface area (Å²) in [6, 6.07) is 15.9. The van der Waals surface area contributed by atoms with Crippen molar-refractivity contribution in [1.29, 1.82) is 0 Å². The number of carbonyl (C=O) groups excluding carboxylic acids is 1. The number of nitrogens with zero attached hydrogens (tertiary/aromatic N) is 2. The molecular weight excluding hydrogens is 361 g/mol. The Balaban J connectivity index is 1.73. The Hall–Kier alpha value is -2.86. The van der Waals surface area contributed by atoms with Gasteiger partial charge in [0, 0.05) is 6.54 Å². The van der Waals surface area contributed by atoms with Crippen LogP contribution in [0.4, 0.5) is 4.39 Å². The zero-order chi connectivity index (χ0) is 19.2. The van der Waals surface area contributed by atoms with E-state index in [-0.39, 0.29) is 17.0 Å². The number of amidine groups is 1.